The van der Waals surface area contributed by atoms with Crippen molar-refractivity contribution in [2.24, 2.45) is 16.6 Å². The third kappa shape index (κ3) is 3.25. The van der Waals surface area contributed by atoms with Crippen molar-refractivity contribution in [1.29, 1.82) is 0 Å². The number of benzene rings is 1. The molecular weight excluding hydrogens is 421 g/mol. The molecule has 0 bridgehead atoms. The minimum atomic E-state index is -1.47. The Hall–Kier alpha value is -3.81. The molecule has 168 valence electrons. The molecule has 1 fully saturated rings. The van der Waals surface area contributed by atoms with Gasteiger partial charge in [-0.2, -0.15) is 4.39 Å². The smallest absolute Gasteiger partial charge is 0.266 e. The molecule has 0 unspecified atom stereocenters. The van der Waals surface area contributed by atoms with Crippen molar-refractivity contribution >= 4 is 17.6 Å². The van der Waals surface area contributed by atoms with Crippen LogP contribution in [-0.2, 0) is 16.9 Å². The molecular formula is C25H24FN5O2. The van der Waals surface area contributed by atoms with Crippen LogP contribution in [0.25, 0.3) is 11.1 Å². The highest BCUT2D eigenvalue weighted by Gasteiger charge is 2.50. The predicted octanol–water partition coefficient (Wildman–Crippen LogP) is 3.33. The first-order chi connectivity index (χ1) is 15.9. The Morgan fingerprint density at radius 2 is 2.00 bits per heavy atom. The molecule has 7 nitrogen and oxygen atoms in total. The average molecular weight is 445 g/mol. The lowest BCUT2D eigenvalue weighted by Gasteiger charge is -2.25. The second-order valence-corrected chi connectivity index (χ2v) is 8.51. The number of Topliss-reactive ketones (excluding diaryl/α,β-unsaturated/α-hetero) is 1. The van der Waals surface area contributed by atoms with Crippen LogP contribution in [0.3, 0.4) is 0 Å². The molecule has 1 aliphatic heterocycles. The maximum atomic E-state index is 14.4. The van der Waals surface area contributed by atoms with Crippen molar-refractivity contribution in [3.63, 3.8) is 0 Å². The number of carbonyl (C=O) groups is 2. The van der Waals surface area contributed by atoms with Crippen molar-refractivity contribution in [3.8, 4) is 11.1 Å². The normalized spacial score (nSPS) is 20.3. The van der Waals surface area contributed by atoms with E-state index < -0.39 is 11.5 Å². The number of hydrogen-bond acceptors (Lipinski definition) is 5. The molecule has 1 aliphatic carbocycles. The van der Waals surface area contributed by atoms with E-state index in [1.807, 2.05) is 11.5 Å². The molecule has 0 radical (unpaired) electrons. The fourth-order valence-corrected chi connectivity index (χ4v) is 4.43. The lowest BCUT2D eigenvalue weighted by molar-refractivity contribution is -0.129. The van der Waals surface area contributed by atoms with Crippen LogP contribution in [0, 0.1) is 11.9 Å². The number of aryl methyl sites for hydroxylation is 1. The summed E-state index contributed by atoms with van der Waals surface area (Å²) in [5.41, 5.74) is 7.20. The largest absolute Gasteiger partial charge is 0.369 e. The van der Waals surface area contributed by atoms with Gasteiger partial charge in [0, 0.05) is 43.0 Å². The van der Waals surface area contributed by atoms with E-state index in [4.69, 9.17) is 5.73 Å². The molecule has 1 saturated carbocycles. The topological polar surface area (TPSA) is 93.6 Å². The number of likely N-dealkylation sites (N-methyl/N-ethyl adjacent to an activating group) is 1. The molecule has 3 heterocycles. The number of hydrogen-bond donors (Lipinski definition) is 1. The Balaban J connectivity index is 1.71. The van der Waals surface area contributed by atoms with Crippen LogP contribution >= 0.6 is 0 Å². The lowest BCUT2D eigenvalue weighted by Crippen LogP contribution is -2.41. The van der Waals surface area contributed by atoms with Crippen LogP contribution < -0.4 is 5.73 Å². The van der Waals surface area contributed by atoms with Gasteiger partial charge in [-0.3, -0.25) is 14.5 Å². The van der Waals surface area contributed by atoms with Gasteiger partial charge in [-0.25, -0.2) is 9.98 Å². The quantitative estimate of drug-likeness (QED) is 0.465. The van der Waals surface area contributed by atoms with Gasteiger partial charge < -0.3 is 10.3 Å². The molecule has 0 saturated heterocycles. The van der Waals surface area contributed by atoms with E-state index in [0.717, 1.165) is 12.8 Å². The molecule has 0 spiro atoms. The zero-order valence-electron chi connectivity index (χ0n) is 18.5. The number of ketones is 1. The maximum Gasteiger partial charge on any atom is 0.266 e. The summed E-state index contributed by atoms with van der Waals surface area (Å²) in [6, 6.07) is 12.1. The van der Waals surface area contributed by atoms with Crippen molar-refractivity contribution in [1.82, 2.24) is 14.5 Å². The number of halogens is 1. The monoisotopic (exact) mass is 445 g/mol. The van der Waals surface area contributed by atoms with E-state index >= 15 is 0 Å². The Bertz CT molecular complexity index is 1310. The number of rotatable bonds is 6. The number of aromatic nitrogens is 2. The van der Waals surface area contributed by atoms with Gasteiger partial charge in [0.05, 0.1) is 5.69 Å². The Kier molecular flexibility index (Phi) is 4.88. The van der Waals surface area contributed by atoms with Crippen LogP contribution in [0.2, 0.25) is 0 Å². The molecule has 2 aliphatic rings. The zero-order chi connectivity index (χ0) is 23.3. The van der Waals surface area contributed by atoms with Gasteiger partial charge in [0.15, 0.2) is 17.3 Å². The molecule has 8 heteroatoms. The van der Waals surface area contributed by atoms with Crippen LogP contribution in [0.4, 0.5) is 4.39 Å². The highest BCUT2D eigenvalue weighted by Crippen LogP contribution is 2.42. The van der Waals surface area contributed by atoms with Crippen LogP contribution in [0.1, 0.15) is 41.4 Å². The summed E-state index contributed by atoms with van der Waals surface area (Å²) in [6.07, 6.45) is 4.97. The fraction of sp³-hybridized carbons (Fsp3) is 0.280. The standard InChI is InChI=1S/C25H24FN5O2/c1-3-31-14-18(13-20(31)21(32)15-9-10-15)25(23(33)30(2)24(27)29-25)17-7-4-6-16(12-17)19-8-5-11-28-22(19)26/h4-8,11-15H,3,9-10H2,1-2H3,(H2,27,29)/t25-/m1/s1. The first kappa shape index (κ1) is 21.1. The van der Waals surface area contributed by atoms with Gasteiger partial charge in [0.2, 0.25) is 5.95 Å². The van der Waals surface area contributed by atoms with Gasteiger partial charge in [0.25, 0.3) is 5.91 Å². The molecule has 2 N–H and O–H groups in total. The van der Waals surface area contributed by atoms with Crippen LogP contribution in [0.15, 0.2) is 59.9 Å². The van der Waals surface area contributed by atoms with Crippen molar-refractivity contribution in [2.75, 3.05) is 7.05 Å². The molecule has 2 aromatic heterocycles. The van der Waals surface area contributed by atoms with E-state index in [9.17, 15) is 14.0 Å². The highest BCUT2D eigenvalue weighted by atomic mass is 19.1. The maximum absolute atomic E-state index is 14.4. The molecule has 1 aromatic carbocycles. The fourth-order valence-electron chi connectivity index (χ4n) is 4.43. The van der Waals surface area contributed by atoms with Crippen LogP contribution in [0.5, 0.6) is 0 Å². The van der Waals surface area contributed by atoms with E-state index in [0.29, 0.717) is 34.5 Å². The summed E-state index contributed by atoms with van der Waals surface area (Å²) in [5.74, 6) is -0.725. The lowest BCUT2D eigenvalue weighted by atomic mass is 9.83. The van der Waals surface area contributed by atoms with E-state index in [1.165, 1.54) is 11.1 Å². The number of guanidine groups is 1. The summed E-state index contributed by atoms with van der Waals surface area (Å²) in [7, 11) is 1.57. The highest BCUT2D eigenvalue weighted by molar-refractivity contribution is 6.09. The third-order valence-corrected chi connectivity index (χ3v) is 6.45. The molecule has 3 aromatic rings. The summed E-state index contributed by atoms with van der Waals surface area (Å²) in [4.78, 5) is 36.2. The number of nitrogens with two attached hydrogens (primary N) is 1. The number of carbonyl (C=O) groups excluding carboxylic acids is 2. The molecule has 1 atom stereocenters. The van der Waals surface area contributed by atoms with Gasteiger partial charge >= 0.3 is 0 Å². The summed E-state index contributed by atoms with van der Waals surface area (Å²) >= 11 is 0. The van der Waals surface area contributed by atoms with Gasteiger partial charge in [-0.05, 0) is 55.2 Å². The number of pyridine rings is 1. The first-order valence-corrected chi connectivity index (χ1v) is 11.0. The summed E-state index contributed by atoms with van der Waals surface area (Å²) in [6.45, 7) is 2.53. The summed E-state index contributed by atoms with van der Waals surface area (Å²) in [5, 5.41) is 0. The predicted molar refractivity (Wildman–Crippen MR) is 122 cm³/mol. The Morgan fingerprint density at radius 3 is 2.64 bits per heavy atom. The average Bonchev–Trinajstić information content (AvgIpc) is 3.55. The number of aliphatic imine (C=N–C) groups is 1. The first-order valence-electron chi connectivity index (χ1n) is 11.0. The van der Waals surface area contributed by atoms with Crippen molar-refractivity contribution < 1.29 is 14.0 Å². The minimum absolute atomic E-state index is 0.0430. The number of amides is 1. The Labute approximate surface area is 190 Å². The van der Waals surface area contributed by atoms with Crippen LogP contribution in [-0.4, -0.2) is 39.1 Å². The van der Waals surface area contributed by atoms with E-state index in [2.05, 4.69) is 9.98 Å². The van der Waals surface area contributed by atoms with Crippen molar-refractivity contribution in [3.05, 3.63) is 77.6 Å². The summed E-state index contributed by atoms with van der Waals surface area (Å²) < 4.78 is 16.3. The molecule has 1 amide bonds. The minimum Gasteiger partial charge on any atom is -0.369 e. The van der Waals surface area contributed by atoms with Gasteiger partial charge in [0.1, 0.15) is 0 Å². The molecule has 33 heavy (non-hydrogen) atoms. The molecule has 5 rings (SSSR count). The number of nitrogens with zero attached hydrogens (tertiary/aromatic N) is 4. The SMILES string of the molecule is CCn1cc([C@@]2(c3cccc(-c4cccnc4F)c3)N=C(N)N(C)C2=O)cc1C(=O)C1CC1. The third-order valence-electron chi connectivity index (χ3n) is 6.45. The second-order valence-electron chi connectivity index (χ2n) is 8.51. The van der Waals surface area contributed by atoms with Gasteiger partial charge in [-0.15, -0.1) is 0 Å². The Morgan fingerprint density at radius 1 is 1.21 bits per heavy atom. The van der Waals surface area contributed by atoms with Gasteiger partial charge in [-0.1, -0.05) is 18.2 Å². The zero-order valence-corrected chi connectivity index (χ0v) is 18.5. The second kappa shape index (κ2) is 7.65. The van der Waals surface area contributed by atoms with E-state index in [-0.39, 0.29) is 23.6 Å². The van der Waals surface area contributed by atoms with E-state index in [1.54, 1.807) is 55.7 Å². The van der Waals surface area contributed by atoms with Crippen molar-refractivity contribution in [2.45, 2.75) is 31.8 Å².